The van der Waals surface area contributed by atoms with Gasteiger partial charge in [-0.2, -0.15) is 0 Å². The van der Waals surface area contributed by atoms with Gasteiger partial charge in [0.1, 0.15) is 0 Å². The van der Waals surface area contributed by atoms with E-state index in [0.29, 0.717) is 11.1 Å². The number of methoxy groups -OCH3 is 1. The van der Waals surface area contributed by atoms with Gasteiger partial charge in [-0.25, -0.2) is 10.3 Å². The summed E-state index contributed by atoms with van der Waals surface area (Å²) in [6.45, 7) is 0. The number of nitrogens with zero attached hydrogens (tertiary/aromatic N) is 2. The van der Waals surface area contributed by atoms with Crippen LogP contribution in [0.5, 0.6) is 0 Å². The number of hydrogen-bond acceptors (Lipinski definition) is 5. The molecule has 1 aliphatic rings. The summed E-state index contributed by atoms with van der Waals surface area (Å²) in [7, 11) is 2.97. The maximum atomic E-state index is 5.60. The molecule has 62 valence electrons. The Morgan fingerprint density at radius 1 is 1.64 bits per heavy atom. The summed E-state index contributed by atoms with van der Waals surface area (Å²) in [6.07, 6.45) is 1.54. The Morgan fingerprint density at radius 3 is 2.91 bits per heavy atom. The number of nitrogens with one attached hydrogen (secondary N) is 1. The van der Waals surface area contributed by atoms with Crippen molar-refractivity contribution in [3.8, 4) is 0 Å². The van der Waals surface area contributed by atoms with E-state index < -0.39 is 0 Å². The fraction of sp³-hybridized carbons (Fsp3) is 0.400. The summed E-state index contributed by atoms with van der Waals surface area (Å²) in [6, 6.07) is 0. The van der Waals surface area contributed by atoms with Crippen LogP contribution < -0.4 is 5.43 Å². The van der Waals surface area contributed by atoms with Crippen LogP contribution in [0.2, 0.25) is 0 Å². The molecule has 0 saturated carbocycles. The molecular weight excluding hydrogens is 170 g/mol. The standard InChI is InChI=1S/C5H8ClN3O2/c1-10-5-3-4(6)7-9(8-5)11-2/h3,8H,1-2H3. The molecule has 1 rings (SSSR count). The van der Waals surface area contributed by atoms with E-state index in [-0.39, 0.29) is 0 Å². The smallest absolute Gasteiger partial charge is 0.211 e. The van der Waals surface area contributed by atoms with Crippen LogP contribution in [0.4, 0.5) is 0 Å². The first-order chi connectivity index (χ1) is 5.26. The largest absolute Gasteiger partial charge is 0.481 e. The molecule has 0 amide bonds. The summed E-state index contributed by atoms with van der Waals surface area (Å²) in [5.74, 6) is 0.479. The fourth-order valence-electron chi connectivity index (χ4n) is 0.566. The molecule has 11 heavy (non-hydrogen) atoms. The van der Waals surface area contributed by atoms with Gasteiger partial charge in [0.15, 0.2) is 5.17 Å². The molecule has 0 bridgehead atoms. The average molecular weight is 178 g/mol. The Balaban J connectivity index is 2.67. The van der Waals surface area contributed by atoms with Crippen LogP contribution in [0.25, 0.3) is 0 Å². The summed E-state index contributed by atoms with van der Waals surface area (Å²) >= 11 is 5.60. The van der Waals surface area contributed by atoms with Gasteiger partial charge in [0.2, 0.25) is 5.88 Å². The van der Waals surface area contributed by atoms with Crippen molar-refractivity contribution in [2.45, 2.75) is 0 Å². The van der Waals surface area contributed by atoms with Crippen LogP contribution in [0.3, 0.4) is 0 Å². The molecule has 0 aromatic carbocycles. The van der Waals surface area contributed by atoms with E-state index in [2.05, 4.69) is 10.5 Å². The second-order valence-electron chi connectivity index (χ2n) is 1.70. The van der Waals surface area contributed by atoms with E-state index in [1.165, 1.54) is 20.3 Å². The van der Waals surface area contributed by atoms with E-state index >= 15 is 0 Å². The lowest BCUT2D eigenvalue weighted by Crippen LogP contribution is -2.35. The van der Waals surface area contributed by atoms with Crippen molar-refractivity contribution in [1.29, 1.82) is 0 Å². The van der Waals surface area contributed by atoms with Gasteiger partial charge in [-0.3, -0.25) is 0 Å². The highest BCUT2D eigenvalue weighted by Crippen LogP contribution is 2.04. The van der Waals surface area contributed by atoms with E-state index in [0.717, 1.165) is 5.28 Å². The highest BCUT2D eigenvalue weighted by Gasteiger charge is 2.10. The van der Waals surface area contributed by atoms with Crippen LogP contribution in [-0.2, 0) is 9.57 Å². The molecule has 0 fully saturated rings. The Morgan fingerprint density at radius 2 is 2.36 bits per heavy atom. The Bertz CT molecular complexity index is 204. The molecule has 1 aliphatic heterocycles. The average Bonchev–Trinajstić information content (AvgIpc) is 2.03. The number of rotatable bonds is 2. The van der Waals surface area contributed by atoms with E-state index in [9.17, 15) is 0 Å². The predicted octanol–water partition coefficient (Wildman–Crippen LogP) is 0.408. The summed E-state index contributed by atoms with van der Waals surface area (Å²) < 4.78 is 4.86. The second-order valence-corrected chi connectivity index (χ2v) is 2.09. The first-order valence-electron chi connectivity index (χ1n) is 2.87. The lowest BCUT2D eigenvalue weighted by Gasteiger charge is -2.21. The Labute approximate surface area is 69.1 Å². The van der Waals surface area contributed by atoms with Crippen molar-refractivity contribution < 1.29 is 9.57 Å². The Kier molecular flexibility index (Phi) is 2.56. The molecular formula is C5H8ClN3O2. The maximum Gasteiger partial charge on any atom is 0.211 e. The third-order valence-electron chi connectivity index (χ3n) is 1.04. The van der Waals surface area contributed by atoms with Gasteiger partial charge in [0, 0.05) is 6.08 Å². The van der Waals surface area contributed by atoms with E-state index in [1.807, 2.05) is 0 Å². The van der Waals surface area contributed by atoms with Crippen LogP contribution in [0.1, 0.15) is 0 Å². The molecule has 1 heterocycles. The molecule has 0 radical (unpaired) electrons. The molecule has 0 saturated heterocycles. The van der Waals surface area contributed by atoms with Crippen molar-refractivity contribution in [1.82, 2.24) is 10.7 Å². The highest BCUT2D eigenvalue weighted by atomic mass is 35.5. The number of hydrogen-bond donors (Lipinski definition) is 1. The zero-order valence-corrected chi connectivity index (χ0v) is 6.92. The number of halogens is 1. The minimum atomic E-state index is 0.294. The quantitative estimate of drug-likeness (QED) is 0.664. The van der Waals surface area contributed by atoms with Gasteiger partial charge in [0.25, 0.3) is 0 Å². The van der Waals surface area contributed by atoms with Gasteiger partial charge in [-0.1, -0.05) is 16.9 Å². The van der Waals surface area contributed by atoms with Crippen molar-refractivity contribution in [2.75, 3.05) is 14.2 Å². The molecule has 0 unspecified atom stereocenters. The topological polar surface area (TPSA) is 46.1 Å². The first-order valence-corrected chi connectivity index (χ1v) is 3.24. The van der Waals surface area contributed by atoms with Crippen molar-refractivity contribution >= 4 is 16.8 Å². The predicted molar refractivity (Wildman–Crippen MR) is 40.4 cm³/mol. The normalized spacial score (nSPS) is 16.8. The van der Waals surface area contributed by atoms with Gasteiger partial charge >= 0.3 is 0 Å². The second kappa shape index (κ2) is 3.45. The minimum Gasteiger partial charge on any atom is -0.481 e. The maximum absolute atomic E-state index is 5.60. The lowest BCUT2D eigenvalue weighted by atomic mass is 10.6. The van der Waals surface area contributed by atoms with Gasteiger partial charge in [0.05, 0.1) is 14.2 Å². The molecule has 0 aromatic rings. The monoisotopic (exact) mass is 177 g/mol. The zero-order valence-electron chi connectivity index (χ0n) is 6.17. The first kappa shape index (κ1) is 8.16. The third kappa shape index (κ3) is 1.99. The molecule has 0 aromatic heterocycles. The van der Waals surface area contributed by atoms with Crippen molar-refractivity contribution in [3.05, 3.63) is 12.0 Å². The zero-order chi connectivity index (χ0) is 8.27. The third-order valence-corrected chi connectivity index (χ3v) is 1.22. The van der Waals surface area contributed by atoms with Crippen molar-refractivity contribution in [3.63, 3.8) is 0 Å². The molecule has 0 spiro atoms. The van der Waals surface area contributed by atoms with E-state index in [4.69, 9.17) is 21.2 Å². The number of hydrazone groups is 1. The highest BCUT2D eigenvalue weighted by molar-refractivity contribution is 6.68. The van der Waals surface area contributed by atoms with Crippen LogP contribution in [0.15, 0.2) is 17.1 Å². The molecule has 0 atom stereocenters. The fourth-order valence-corrected chi connectivity index (χ4v) is 0.734. The summed E-state index contributed by atoms with van der Waals surface area (Å²) in [5.41, 5.74) is 2.66. The Hall–Kier alpha value is -0.940. The SMILES string of the molecule is COC1=CC(Cl)=NN(OC)N1. The minimum absolute atomic E-state index is 0.294. The van der Waals surface area contributed by atoms with Crippen LogP contribution in [0, 0.1) is 0 Å². The van der Waals surface area contributed by atoms with Crippen molar-refractivity contribution in [2.24, 2.45) is 5.10 Å². The van der Waals surface area contributed by atoms with Gasteiger partial charge in [-0.15, -0.1) is 5.10 Å². The van der Waals surface area contributed by atoms with Crippen LogP contribution >= 0.6 is 11.6 Å². The van der Waals surface area contributed by atoms with E-state index in [1.54, 1.807) is 0 Å². The molecule has 6 heteroatoms. The number of ether oxygens (including phenoxy) is 1. The number of allylic oxidation sites excluding steroid dienone is 1. The van der Waals surface area contributed by atoms with Gasteiger partial charge < -0.3 is 4.74 Å². The number of hydrazine groups is 1. The summed E-state index contributed by atoms with van der Waals surface area (Å²) in [5, 5.41) is 5.12. The summed E-state index contributed by atoms with van der Waals surface area (Å²) in [4.78, 5) is 4.72. The lowest BCUT2D eigenvalue weighted by molar-refractivity contribution is -0.172. The molecule has 0 aliphatic carbocycles. The van der Waals surface area contributed by atoms with Crippen LogP contribution in [-0.4, -0.2) is 24.7 Å². The molecule has 5 nitrogen and oxygen atoms in total. The van der Waals surface area contributed by atoms with Gasteiger partial charge in [-0.05, 0) is 0 Å². The molecule has 1 N–H and O–H groups in total.